The number of carbonyl (C=O) groups is 1. The maximum absolute atomic E-state index is 13.7. The molecule has 2 aromatic carbocycles. The second kappa shape index (κ2) is 6.72. The van der Waals surface area contributed by atoms with Crippen LogP contribution in [0.5, 0.6) is 0 Å². The van der Waals surface area contributed by atoms with Crippen molar-refractivity contribution in [2.75, 3.05) is 5.32 Å². The number of carbonyl (C=O) groups excluding carboxylic acids is 1. The first-order valence-electron chi connectivity index (χ1n) is 7.73. The van der Waals surface area contributed by atoms with E-state index in [4.69, 9.17) is 0 Å². The maximum Gasteiger partial charge on any atom is 0.273 e. The largest absolute Gasteiger partial charge is 0.324 e. The lowest BCUT2D eigenvalue weighted by Gasteiger charge is -2.09. The lowest BCUT2D eigenvalue weighted by molar-refractivity contribution is -0.116. The third-order valence-electron chi connectivity index (χ3n) is 3.84. The third kappa shape index (κ3) is 3.50. The van der Waals surface area contributed by atoms with Crippen molar-refractivity contribution in [3.63, 3.8) is 0 Å². The van der Waals surface area contributed by atoms with Crippen LogP contribution in [-0.2, 0) is 11.3 Å². The molecule has 6 nitrogen and oxygen atoms in total. The molecule has 0 radical (unpaired) electrons. The molecule has 0 aliphatic carbocycles. The number of rotatable bonds is 4. The van der Waals surface area contributed by atoms with Gasteiger partial charge in [0.25, 0.3) is 11.1 Å². The number of fused-ring (bicyclic) bond motifs is 1. The lowest BCUT2D eigenvalue weighted by Crippen LogP contribution is -2.31. The van der Waals surface area contributed by atoms with Crippen molar-refractivity contribution in [3.8, 4) is 0 Å². The van der Waals surface area contributed by atoms with Gasteiger partial charge in [0.2, 0.25) is 5.91 Å². The Morgan fingerprint density at radius 1 is 1.16 bits per heavy atom. The summed E-state index contributed by atoms with van der Waals surface area (Å²) in [6.45, 7) is 1.77. The Balaban J connectivity index is 1.78. The number of aromatic nitrogens is 2. The van der Waals surface area contributed by atoms with Crippen molar-refractivity contribution in [2.45, 2.75) is 19.9 Å². The van der Waals surface area contributed by atoms with Crippen molar-refractivity contribution in [2.24, 2.45) is 0 Å². The molecule has 2 N–H and O–H groups in total. The molecule has 0 saturated carbocycles. The molecule has 0 atom stereocenters. The first-order chi connectivity index (χ1) is 12.0. The first kappa shape index (κ1) is 16.6. The van der Waals surface area contributed by atoms with Crippen LogP contribution >= 0.6 is 0 Å². The molecule has 0 fully saturated rings. The van der Waals surface area contributed by atoms with Crippen LogP contribution in [0, 0.1) is 12.7 Å². The fraction of sp³-hybridized carbons (Fsp3) is 0.167. The summed E-state index contributed by atoms with van der Waals surface area (Å²) >= 11 is 0. The van der Waals surface area contributed by atoms with E-state index in [9.17, 15) is 18.8 Å². The van der Waals surface area contributed by atoms with E-state index in [2.05, 4.69) is 10.4 Å². The monoisotopic (exact) mass is 341 g/mol. The smallest absolute Gasteiger partial charge is 0.273 e. The van der Waals surface area contributed by atoms with Gasteiger partial charge < -0.3 is 5.32 Å². The molecule has 0 aliphatic heterocycles. The summed E-state index contributed by atoms with van der Waals surface area (Å²) in [5, 5.41) is 5.51. The third-order valence-corrected chi connectivity index (χ3v) is 3.84. The summed E-state index contributed by atoms with van der Waals surface area (Å²) in [6, 6.07) is 10.9. The summed E-state index contributed by atoms with van der Waals surface area (Å²) in [4.78, 5) is 36.4. The molecule has 1 amide bonds. The summed E-state index contributed by atoms with van der Waals surface area (Å²) in [5.41, 5.74) is 0.112. The molecule has 0 spiro atoms. The van der Waals surface area contributed by atoms with Crippen LogP contribution < -0.4 is 16.4 Å². The standard InChI is InChI=1S/C18H16FN3O3/c1-11-6-7-14(19)15(10-11)20-16(23)8-9-22-18(25)13-5-3-2-4-12(13)17(24)21-22/h2-7,10H,8-9H2,1H3,(H,20,23)(H,21,24). The lowest BCUT2D eigenvalue weighted by atomic mass is 10.2. The fourth-order valence-corrected chi connectivity index (χ4v) is 2.56. The minimum absolute atomic E-state index is 0.0157. The molecule has 3 aromatic rings. The molecule has 128 valence electrons. The van der Waals surface area contributed by atoms with Crippen molar-refractivity contribution < 1.29 is 9.18 Å². The number of nitrogens with one attached hydrogen (secondary N) is 2. The molecule has 0 unspecified atom stereocenters. The van der Waals surface area contributed by atoms with Crippen LogP contribution in [0.25, 0.3) is 10.8 Å². The van der Waals surface area contributed by atoms with Gasteiger partial charge in [0.05, 0.1) is 23.0 Å². The average Bonchev–Trinajstić information content (AvgIpc) is 2.60. The van der Waals surface area contributed by atoms with Gasteiger partial charge in [0.1, 0.15) is 5.82 Å². The molecule has 0 aliphatic rings. The predicted molar refractivity (Wildman–Crippen MR) is 93.2 cm³/mol. The normalized spacial score (nSPS) is 10.8. The zero-order valence-corrected chi connectivity index (χ0v) is 13.5. The molecular weight excluding hydrogens is 325 g/mol. The zero-order valence-electron chi connectivity index (χ0n) is 13.5. The van der Waals surface area contributed by atoms with Gasteiger partial charge in [0.15, 0.2) is 0 Å². The molecular formula is C18H16FN3O3. The summed E-state index contributed by atoms with van der Waals surface area (Å²) in [5.74, 6) is -0.986. The van der Waals surface area contributed by atoms with E-state index in [0.717, 1.165) is 10.2 Å². The molecule has 1 aromatic heterocycles. The Kier molecular flexibility index (Phi) is 4.47. The minimum Gasteiger partial charge on any atom is -0.324 e. The summed E-state index contributed by atoms with van der Waals surface area (Å²) < 4.78 is 14.8. The Labute approximate surface area is 141 Å². The van der Waals surface area contributed by atoms with E-state index in [1.165, 1.54) is 12.1 Å². The highest BCUT2D eigenvalue weighted by Gasteiger charge is 2.10. The number of anilines is 1. The van der Waals surface area contributed by atoms with Gasteiger partial charge in [-0.05, 0) is 36.8 Å². The van der Waals surface area contributed by atoms with Gasteiger partial charge in [-0.3, -0.25) is 19.5 Å². The Morgan fingerprint density at radius 3 is 2.64 bits per heavy atom. The number of halogens is 1. The molecule has 1 heterocycles. The van der Waals surface area contributed by atoms with E-state index in [0.29, 0.717) is 5.39 Å². The van der Waals surface area contributed by atoms with Gasteiger partial charge in [0, 0.05) is 6.42 Å². The van der Waals surface area contributed by atoms with E-state index >= 15 is 0 Å². The second-order valence-corrected chi connectivity index (χ2v) is 5.72. The number of aryl methyl sites for hydroxylation is 2. The fourth-order valence-electron chi connectivity index (χ4n) is 2.56. The quantitative estimate of drug-likeness (QED) is 0.763. The zero-order chi connectivity index (χ0) is 18.0. The highest BCUT2D eigenvalue weighted by atomic mass is 19.1. The van der Waals surface area contributed by atoms with Crippen molar-refractivity contribution in [1.82, 2.24) is 9.78 Å². The van der Waals surface area contributed by atoms with Gasteiger partial charge in [-0.25, -0.2) is 9.07 Å². The second-order valence-electron chi connectivity index (χ2n) is 5.72. The molecule has 7 heteroatoms. The number of benzene rings is 2. The van der Waals surface area contributed by atoms with Crippen molar-refractivity contribution in [1.29, 1.82) is 0 Å². The average molecular weight is 341 g/mol. The molecule has 0 saturated heterocycles. The van der Waals surface area contributed by atoms with Crippen molar-refractivity contribution in [3.05, 3.63) is 74.6 Å². The molecule has 0 bridgehead atoms. The predicted octanol–water partition coefficient (Wildman–Crippen LogP) is 2.17. The van der Waals surface area contributed by atoms with E-state index in [1.54, 1.807) is 37.3 Å². The van der Waals surface area contributed by atoms with E-state index in [1.807, 2.05) is 0 Å². The highest BCUT2D eigenvalue weighted by molar-refractivity contribution is 5.90. The topological polar surface area (TPSA) is 84.0 Å². The number of aromatic amines is 1. The van der Waals surface area contributed by atoms with Gasteiger partial charge in [-0.2, -0.15) is 0 Å². The van der Waals surface area contributed by atoms with Crippen LogP contribution in [0.1, 0.15) is 12.0 Å². The summed E-state index contributed by atoms with van der Waals surface area (Å²) in [7, 11) is 0. The number of amides is 1. The Morgan fingerprint density at radius 2 is 1.88 bits per heavy atom. The SMILES string of the molecule is Cc1ccc(F)c(NC(=O)CCn2[nH]c(=O)c3ccccc3c2=O)c1. The summed E-state index contributed by atoms with van der Waals surface area (Å²) in [6.07, 6.45) is -0.0818. The van der Waals surface area contributed by atoms with Gasteiger partial charge in [-0.1, -0.05) is 18.2 Å². The Bertz CT molecular complexity index is 1070. The maximum atomic E-state index is 13.7. The van der Waals surface area contributed by atoms with E-state index in [-0.39, 0.29) is 29.6 Å². The van der Waals surface area contributed by atoms with Crippen LogP contribution in [0.15, 0.2) is 52.1 Å². The van der Waals surface area contributed by atoms with Gasteiger partial charge >= 0.3 is 0 Å². The number of hydrogen-bond donors (Lipinski definition) is 2. The van der Waals surface area contributed by atoms with Crippen LogP contribution in [0.4, 0.5) is 10.1 Å². The van der Waals surface area contributed by atoms with Crippen LogP contribution in [0.2, 0.25) is 0 Å². The number of H-pyrrole nitrogens is 1. The van der Waals surface area contributed by atoms with E-state index < -0.39 is 17.3 Å². The number of hydrogen-bond acceptors (Lipinski definition) is 3. The molecule has 25 heavy (non-hydrogen) atoms. The minimum atomic E-state index is -0.532. The van der Waals surface area contributed by atoms with Crippen LogP contribution in [0.3, 0.4) is 0 Å². The number of nitrogens with zero attached hydrogens (tertiary/aromatic N) is 1. The Hall–Kier alpha value is -3.22. The van der Waals surface area contributed by atoms with Crippen molar-refractivity contribution >= 4 is 22.4 Å². The van der Waals surface area contributed by atoms with Gasteiger partial charge in [-0.15, -0.1) is 0 Å². The highest BCUT2D eigenvalue weighted by Crippen LogP contribution is 2.15. The van der Waals surface area contributed by atoms with Crippen LogP contribution in [-0.4, -0.2) is 15.7 Å². The first-order valence-corrected chi connectivity index (χ1v) is 7.73. The molecule has 3 rings (SSSR count).